The second-order valence-electron chi connectivity index (χ2n) is 6.21. The van der Waals surface area contributed by atoms with Gasteiger partial charge in [-0.05, 0) is 30.5 Å². The number of nitrogens with zero attached hydrogens (tertiary/aromatic N) is 1. The van der Waals surface area contributed by atoms with Crippen LogP contribution in [-0.2, 0) is 26.0 Å². The van der Waals surface area contributed by atoms with Crippen molar-refractivity contribution in [2.24, 2.45) is 4.99 Å². The Bertz CT molecular complexity index is 680. The van der Waals surface area contributed by atoms with E-state index in [1.54, 1.807) is 25.2 Å². The molecular formula is C19H34N4O4S. The van der Waals surface area contributed by atoms with E-state index in [0.717, 1.165) is 44.6 Å². The highest BCUT2D eigenvalue weighted by Crippen LogP contribution is 2.11. The number of methoxy groups -OCH3 is 1. The SMILES string of the molecule is CCCCOCCCNC(=NC)NCc1cccc(S(=O)(=O)NCCOC)c1. The Morgan fingerprint density at radius 1 is 1.11 bits per heavy atom. The fourth-order valence-electron chi connectivity index (χ4n) is 2.32. The number of hydrogen-bond donors (Lipinski definition) is 3. The molecule has 160 valence electrons. The van der Waals surface area contributed by atoms with Gasteiger partial charge in [-0.15, -0.1) is 0 Å². The maximum atomic E-state index is 12.3. The van der Waals surface area contributed by atoms with Gasteiger partial charge in [0.2, 0.25) is 10.0 Å². The summed E-state index contributed by atoms with van der Waals surface area (Å²) in [4.78, 5) is 4.41. The van der Waals surface area contributed by atoms with Gasteiger partial charge in [-0.2, -0.15) is 0 Å². The first-order valence-corrected chi connectivity index (χ1v) is 11.1. The lowest BCUT2D eigenvalue weighted by Gasteiger charge is -2.13. The molecule has 0 amide bonds. The molecule has 0 saturated carbocycles. The second-order valence-corrected chi connectivity index (χ2v) is 7.98. The minimum absolute atomic E-state index is 0.232. The molecule has 1 rings (SSSR count). The third-order valence-electron chi connectivity index (χ3n) is 3.89. The van der Waals surface area contributed by atoms with Gasteiger partial charge in [0.1, 0.15) is 0 Å². The normalized spacial score (nSPS) is 12.2. The summed E-state index contributed by atoms with van der Waals surface area (Å²) in [5.41, 5.74) is 0.848. The average molecular weight is 415 g/mol. The van der Waals surface area contributed by atoms with E-state index in [-0.39, 0.29) is 11.4 Å². The van der Waals surface area contributed by atoms with Crippen LogP contribution in [0.2, 0.25) is 0 Å². The van der Waals surface area contributed by atoms with E-state index < -0.39 is 10.0 Å². The quantitative estimate of drug-likeness (QED) is 0.242. The van der Waals surface area contributed by atoms with Gasteiger partial charge in [0.25, 0.3) is 0 Å². The van der Waals surface area contributed by atoms with Crippen molar-refractivity contribution in [2.45, 2.75) is 37.6 Å². The van der Waals surface area contributed by atoms with Gasteiger partial charge in [0.05, 0.1) is 11.5 Å². The second kappa shape index (κ2) is 14.3. The molecule has 0 radical (unpaired) electrons. The molecule has 0 fully saturated rings. The summed E-state index contributed by atoms with van der Waals surface area (Å²) in [7, 11) is -0.313. The Morgan fingerprint density at radius 3 is 2.61 bits per heavy atom. The molecule has 1 aromatic rings. The maximum absolute atomic E-state index is 12.3. The van der Waals surface area contributed by atoms with Crippen molar-refractivity contribution in [3.8, 4) is 0 Å². The summed E-state index contributed by atoms with van der Waals surface area (Å²) in [6.07, 6.45) is 3.12. The van der Waals surface area contributed by atoms with E-state index in [9.17, 15) is 8.42 Å². The third-order valence-corrected chi connectivity index (χ3v) is 5.35. The van der Waals surface area contributed by atoms with Gasteiger partial charge in [-0.1, -0.05) is 25.5 Å². The number of ether oxygens (including phenoxy) is 2. The van der Waals surface area contributed by atoms with Crippen molar-refractivity contribution in [1.29, 1.82) is 0 Å². The van der Waals surface area contributed by atoms with E-state index in [0.29, 0.717) is 19.1 Å². The summed E-state index contributed by atoms with van der Waals surface area (Å²) in [5.74, 6) is 0.667. The van der Waals surface area contributed by atoms with Crippen LogP contribution in [0.4, 0.5) is 0 Å². The topological polar surface area (TPSA) is 101 Å². The molecule has 0 unspecified atom stereocenters. The van der Waals surface area contributed by atoms with E-state index >= 15 is 0 Å². The minimum Gasteiger partial charge on any atom is -0.383 e. The van der Waals surface area contributed by atoms with Crippen molar-refractivity contribution < 1.29 is 17.9 Å². The average Bonchev–Trinajstić information content (AvgIpc) is 2.70. The number of aliphatic imine (C=N–C) groups is 1. The third kappa shape index (κ3) is 10.0. The van der Waals surface area contributed by atoms with E-state index in [1.807, 2.05) is 6.07 Å². The number of rotatable bonds is 14. The Hall–Kier alpha value is -1.68. The van der Waals surface area contributed by atoms with E-state index in [1.165, 1.54) is 7.11 Å². The lowest BCUT2D eigenvalue weighted by atomic mass is 10.2. The van der Waals surface area contributed by atoms with Crippen molar-refractivity contribution in [2.75, 3.05) is 47.1 Å². The lowest BCUT2D eigenvalue weighted by Crippen LogP contribution is -2.37. The molecule has 28 heavy (non-hydrogen) atoms. The summed E-state index contributed by atoms with van der Waals surface area (Å²) >= 11 is 0. The highest BCUT2D eigenvalue weighted by Gasteiger charge is 2.13. The Balaban J connectivity index is 2.44. The molecule has 0 aliphatic heterocycles. The smallest absolute Gasteiger partial charge is 0.240 e. The fraction of sp³-hybridized carbons (Fsp3) is 0.632. The van der Waals surface area contributed by atoms with Crippen LogP contribution in [0.5, 0.6) is 0 Å². The number of sulfonamides is 1. The van der Waals surface area contributed by atoms with Crippen LogP contribution in [0, 0.1) is 0 Å². The Morgan fingerprint density at radius 2 is 1.89 bits per heavy atom. The Labute approximate surface area is 169 Å². The van der Waals surface area contributed by atoms with Crippen LogP contribution in [0.25, 0.3) is 0 Å². The molecule has 1 aromatic carbocycles. The first kappa shape index (κ1) is 24.4. The molecule has 9 heteroatoms. The van der Waals surface area contributed by atoms with Gasteiger partial charge in [0.15, 0.2) is 5.96 Å². The molecule has 0 spiro atoms. The largest absolute Gasteiger partial charge is 0.383 e. The van der Waals surface area contributed by atoms with Crippen molar-refractivity contribution in [1.82, 2.24) is 15.4 Å². The van der Waals surface area contributed by atoms with Crippen molar-refractivity contribution in [3.63, 3.8) is 0 Å². The zero-order chi connectivity index (χ0) is 20.7. The summed E-state index contributed by atoms with van der Waals surface area (Å²) in [5, 5.41) is 6.41. The fourth-order valence-corrected chi connectivity index (χ4v) is 3.40. The highest BCUT2D eigenvalue weighted by atomic mass is 32.2. The highest BCUT2D eigenvalue weighted by molar-refractivity contribution is 7.89. The summed E-state index contributed by atoms with van der Waals surface area (Å²) in [6.45, 7) is 5.45. The van der Waals surface area contributed by atoms with Crippen LogP contribution < -0.4 is 15.4 Å². The number of benzene rings is 1. The van der Waals surface area contributed by atoms with Crippen molar-refractivity contribution in [3.05, 3.63) is 29.8 Å². The summed E-state index contributed by atoms with van der Waals surface area (Å²) in [6, 6.07) is 6.82. The van der Waals surface area contributed by atoms with Crippen LogP contribution in [-0.4, -0.2) is 61.4 Å². The molecule has 0 aliphatic carbocycles. The van der Waals surface area contributed by atoms with Crippen LogP contribution in [0.15, 0.2) is 34.2 Å². The first-order chi connectivity index (χ1) is 13.5. The molecule has 3 N–H and O–H groups in total. The lowest BCUT2D eigenvalue weighted by molar-refractivity contribution is 0.129. The number of nitrogens with one attached hydrogen (secondary N) is 3. The van der Waals surface area contributed by atoms with Crippen LogP contribution >= 0.6 is 0 Å². The molecular weight excluding hydrogens is 380 g/mol. The number of guanidine groups is 1. The molecule has 8 nitrogen and oxygen atoms in total. The van der Waals surface area contributed by atoms with Gasteiger partial charge in [-0.3, -0.25) is 4.99 Å². The van der Waals surface area contributed by atoms with Gasteiger partial charge in [0, 0.05) is 47.0 Å². The number of unbranched alkanes of at least 4 members (excludes halogenated alkanes) is 1. The molecule has 0 atom stereocenters. The predicted molar refractivity (Wildman–Crippen MR) is 112 cm³/mol. The van der Waals surface area contributed by atoms with E-state index in [2.05, 4.69) is 27.3 Å². The molecule has 0 bridgehead atoms. The zero-order valence-corrected chi connectivity index (χ0v) is 18.0. The summed E-state index contributed by atoms with van der Waals surface area (Å²) < 4.78 is 37.5. The molecule has 0 aliphatic rings. The zero-order valence-electron chi connectivity index (χ0n) is 17.2. The minimum atomic E-state index is -3.54. The first-order valence-electron chi connectivity index (χ1n) is 9.63. The predicted octanol–water partition coefficient (Wildman–Crippen LogP) is 1.48. The maximum Gasteiger partial charge on any atom is 0.240 e. The standard InChI is InChI=1S/C19H34N4O4S/c1-4-5-12-27-13-7-10-21-19(20-2)22-16-17-8-6-9-18(15-17)28(24,25)23-11-14-26-3/h6,8-9,15,23H,4-5,7,10-14,16H2,1-3H3,(H2,20,21,22). The van der Waals surface area contributed by atoms with E-state index in [4.69, 9.17) is 9.47 Å². The Kier molecular flexibility index (Phi) is 12.5. The number of hydrogen-bond acceptors (Lipinski definition) is 5. The molecule has 0 heterocycles. The molecule has 0 saturated heterocycles. The van der Waals surface area contributed by atoms with Gasteiger partial charge >= 0.3 is 0 Å². The van der Waals surface area contributed by atoms with Crippen molar-refractivity contribution >= 4 is 16.0 Å². The monoisotopic (exact) mass is 414 g/mol. The van der Waals surface area contributed by atoms with Gasteiger partial charge in [-0.25, -0.2) is 13.1 Å². The van der Waals surface area contributed by atoms with Gasteiger partial charge < -0.3 is 20.1 Å². The van der Waals surface area contributed by atoms with Crippen LogP contribution in [0.1, 0.15) is 31.7 Å². The molecule has 0 aromatic heterocycles. The van der Waals surface area contributed by atoms with Crippen LogP contribution in [0.3, 0.4) is 0 Å².